The van der Waals surface area contributed by atoms with Gasteiger partial charge in [0.1, 0.15) is 23.9 Å². The monoisotopic (exact) mass is 561 g/mol. The maximum Gasteiger partial charge on any atom is 0.249 e. The molecule has 1 atom stereocenters. The molecular weight excluding hydrogens is 526 g/mol. The van der Waals surface area contributed by atoms with Crippen molar-refractivity contribution in [1.82, 2.24) is 20.3 Å². The van der Waals surface area contributed by atoms with Gasteiger partial charge in [0.2, 0.25) is 17.6 Å². The van der Waals surface area contributed by atoms with E-state index in [1.165, 1.54) is 30.9 Å². The molecule has 0 saturated carbocycles. The van der Waals surface area contributed by atoms with Crippen LogP contribution in [-0.4, -0.2) is 60.8 Å². The molecule has 3 aromatic carbocycles. The number of amides is 2. The van der Waals surface area contributed by atoms with Crippen molar-refractivity contribution in [2.45, 2.75) is 38.9 Å². The average Bonchev–Trinajstić information content (AvgIpc) is 3.36. The van der Waals surface area contributed by atoms with E-state index in [2.05, 4.69) is 15.6 Å². The SMILES string of the molecule is COc1ccc(N(C(=O)Cn2nnc3ccccc32)[C@@H](C(=O)NC(C)(C)C)c2cc(OC)c(OC)c(OC)c2)cc1. The fourth-order valence-electron chi connectivity index (χ4n) is 4.53. The lowest BCUT2D eigenvalue weighted by Gasteiger charge is -2.34. The van der Waals surface area contributed by atoms with Crippen molar-refractivity contribution < 1.29 is 28.5 Å². The quantitative estimate of drug-likeness (QED) is 0.307. The smallest absolute Gasteiger partial charge is 0.249 e. The Morgan fingerprint density at radius 1 is 0.902 bits per heavy atom. The minimum Gasteiger partial charge on any atom is -0.497 e. The summed E-state index contributed by atoms with van der Waals surface area (Å²) in [6.45, 7) is 5.45. The van der Waals surface area contributed by atoms with Crippen LogP contribution < -0.4 is 29.2 Å². The fraction of sp³-hybridized carbons (Fsp3) is 0.333. The Kier molecular flexibility index (Phi) is 8.65. The number of nitrogens with one attached hydrogen (secondary N) is 1. The number of benzene rings is 3. The van der Waals surface area contributed by atoms with Gasteiger partial charge >= 0.3 is 0 Å². The number of para-hydroxylation sites is 1. The molecule has 0 bridgehead atoms. The summed E-state index contributed by atoms with van der Waals surface area (Å²) in [4.78, 5) is 29.8. The van der Waals surface area contributed by atoms with Crippen LogP contribution >= 0.6 is 0 Å². The predicted molar refractivity (Wildman–Crippen MR) is 155 cm³/mol. The highest BCUT2D eigenvalue weighted by Gasteiger charge is 2.36. The fourth-order valence-corrected chi connectivity index (χ4v) is 4.53. The molecule has 1 heterocycles. The zero-order valence-electron chi connectivity index (χ0n) is 24.3. The van der Waals surface area contributed by atoms with E-state index in [4.69, 9.17) is 18.9 Å². The number of rotatable bonds is 10. The summed E-state index contributed by atoms with van der Waals surface area (Å²) in [6.07, 6.45) is 0. The van der Waals surface area contributed by atoms with Crippen LogP contribution in [0.5, 0.6) is 23.0 Å². The van der Waals surface area contributed by atoms with Gasteiger partial charge in [-0.3, -0.25) is 14.5 Å². The Bertz CT molecular complexity index is 1500. The number of fused-ring (bicyclic) bond motifs is 1. The minimum atomic E-state index is -1.13. The highest BCUT2D eigenvalue weighted by Crippen LogP contribution is 2.42. The first-order valence-corrected chi connectivity index (χ1v) is 13.0. The lowest BCUT2D eigenvalue weighted by molar-refractivity contribution is -0.128. The van der Waals surface area contributed by atoms with Gasteiger partial charge in [0, 0.05) is 11.2 Å². The topological polar surface area (TPSA) is 117 Å². The molecule has 0 aliphatic rings. The second-order valence-electron chi connectivity index (χ2n) is 10.3. The van der Waals surface area contributed by atoms with Crippen molar-refractivity contribution >= 4 is 28.5 Å². The number of aromatic nitrogens is 3. The summed E-state index contributed by atoms with van der Waals surface area (Å²) in [5, 5.41) is 11.4. The van der Waals surface area contributed by atoms with Crippen molar-refractivity contribution in [3.8, 4) is 23.0 Å². The van der Waals surface area contributed by atoms with E-state index >= 15 is 0 Å². The van der Waals surface area contributed by atoms with Crippen LogP contribution in [0.4, 0.5) is 5.69 Å². The van der Waals surface area contributed by atoms with E-state index in [0.29, 0.717) is 45.3 Å². The van der Waals surface area contributed by atoms with Gasteiger partial charge in [0.15, 0.2) is 11.5 Å². The number of anilines is 1. The maximum absolute atomic E-state index is 14.3. The Hall–Kier alpha value is -4.80. The van der Waals surface area contributed by atoms with E-state index in [0.717, 1.165) is 0 Å². The molecule has 0 aliphatic heterocycles. The largest absolute Gasteiger partial charge is 0.497 e. The molecule has 0 radical (unpaired) electrons. The van der Waals surface area contributed by atoms with Crippen molar-refractivity contribution in [3.05, 3.63) is 66.2 Å². The maximum atomic E-state index is 14.3. The highest BCUT2D eigenvalue weighted by molar-refractivity contribution is 6.02. The van der Waals surface area contributed by atoms with Crippen LogP contribution in [0.1, 0.15) is 32.4 Å². The summed E-state index contributed by atoms with van der Waals surface area (Å²) < 4.78 is 23.5. The molecule has 2 amide bonds. The van der Waals surface area contributed by atoms with Crippen LogP contribution in [0.3, 0.4) is 0 Å². The molecule has 4 aromatic rings. The van der Waals surface area contributed by atoms with E-state index < -0.39 is 23.4 Å². The Morgan fingerprint density at radius 3 is 2.10 bits per heavy atom. The van der Waals surface area contributed by atoms with Gasteiger partial charge in [-0.15, -0.1) is 5.10 Å². The number of carbonyl (C=O) groups excluding carboxylic acids is 2. The lowest BCUT2D eigenvalue weighted by atomic mass is 9.99. The second-order valence-corrected chi connectivity index (χ2v) is 10.3. The van der Waals surface area contributed by atoms with Crippen LogP contribution in [0.25, 0.3) is 11.0 Å². The van der Waals surface area contributed by atoms with Crippen molar-refractivity contribution in [2.75, 3.05) is 33.3 Å². The molecule has 0 aliphatic carbocycles. The van der Waals surface area contributed by atoms with Crippen LogP contribution in [0.15, 0.2) is 60.7 Å². The normalized spacial score (nSPS) is 12.0. The molecule has 0 saturated heterocycles. The van der Waals surface area contributed by atoms with Gasteiger partial charge in [-0.2, -0.15) is 0 Å². The van der Waals surface area contributed by atoms with Gasteiger partial charge < -0.3 is 24.3 Å². The molecule has 0 unspecified atom stereocenters. The molecule has 1 aromatic heterocycles. The van der Waals surface area contributed by atoms with E-state index in [1.54, 1.807) is 43.5 Å². The first-order chi connectivity index (χ1) is 19.6. The first kappa shape index (κ1) is 29.2. The number of nitrogens with zero attached hydrogens (tertiary/aromatic N) is 4. The molecule has 11 nitrogen and oxygen atoms in total. The van der Waals surface area contributed by atoms with Crippen LogP contribution in [0, 0.1) is 0 Å². The molecule has 0 fully saturated rings. The minimum absolute atomic E-state index is 0.170. The van der Waals surface area contributed by atoms with Gasteiger partial charge in [0.25, 0.3) is 0 Å². The number of methoxy groups -OCH3 is 4. The zero-order valence-corrected chi connectivity index (χ0v) is 24.3. The molecule has 11 heteroatoms. The van der Waals surface area contributed by atoms with Gasteiger partial charge in [-0.1, -0.05) is 17.3 Å². The standard InChI is InChI=1S/C30H35N5O6/c1-30(2,3)31-29(37)27(19-16-24(39-5)28(41-7)25(17-19)40-6)35(20-12-14-21(38-4)15-13-20)26(36)18-34-23-11-9-8-10-22(23)32-33-34/h8-17,27H,18H2,1-7H3,(H,31,37)/t27-/m1/s1. The van der Waals surface area contributed by atoms with Gasteiger partial charge in [-0.25, -0.2) is 4.68 Å². The Morgan fingerprint density at radius 2 is 1.54 bits per heavy atom. The zero-order chi connectivity index (χ0) is 29.7. The summed E-state index contributed by atoms with van der Waals surface area (Å²) in [7, 11) is 6.05. The average molecular weight is 562 g/mol. The predicted octanol–water partition coefficient (Wildman–Crippen LogP) is 4.15. The number of hydrogen-bond acceptors (Lipinski definition) is 8. The van der Waals surface area contributed by atoms with E-state index in [-0.39, 0.29) is 6.54 Å². The highest BCUT2D eigenvalue weighted by atomic mass is 16.5. The van der Waals surface area contributed by atoms with Gasteiger partial charge in [-0.05, 0) is 74.9 Å². The molecule has 1 N–H and O–H groups in total. The Balaban J connectivity index is 1.91. The van der Waals surface area contributed by atoms with Gasteiger partial charge in [0.05, 0.1) is 34.0 Å². The summed E-state index contributed by atoms with van der Waals surface area (Å²) in [6, 6.07) is 16.5. The van der Waals surface area contributed by atoms with E-state index in [1.807, 2.05) is 45.0 Å². The summed E-state index contributed by atoms with van der Waals surface area (Å²) in [5.74, 6) is 0.865. The third-order valence-corrected chi connectivity index (χ3v) is 6.33. The van der Waals surface area contributed by atoms with Crippen molar-refractivity contribution in [3.63, 3.8) is 0 Å². The second kappa shape index (κ2) is 12.2. The van der Waals surface area contributed by atoms with Crippen LogP contribution in [-0.2, 0) is 16.1 Å². The third-order valence-electron chi connectivity index (χ3n) is 6.33. The van der Waals surface area contributed by atoms with Crippen LogP contribution in [0.2, 0.25) is 0 Å². The van der Waals surface area contributed by atoms with Crippen molar-refractivity contribution in [2.24, 2.45) is 0 Å². The molecular formula is C30H35N5O6. The number of carbonyl (C=O) groups is 2. The number of hydrogen-bond donors (Lipinski definition) is 1. The third kappa shape index (κ3) is 6.34. The first-order valence-electron chi connectivity index (χ1n) is 13.0. The van der Waals surface area contributed by atoms with Crippen molar-refractivity contribution in [1.29, 1.82) is 0 Å². The summed E-state index contributed by atoms with van der Waals surface area (Å²) >= 11 is 0. The number of ether oxygens (including phenoxy) is 4. The molecule has 41 heavy (non-hydrogen) atoms. The Labute approximate surface area is 238 Å². The molecule has 0 spiro atoms. The lowest BCUT2D eigenvalue weighted by Crippen LogP contribution is -2.50. The van der Waals surface area contributed by atoms with E-state index in [9.17, 15) is 9.59 Å². The molecule has 4 rings (SSSR count). The summed E-state index contributed by atoms with van der Waals surface area (Å²) in [5.41, 5.74) is 1.69. The molecule has 216 valence electrons.